The largest absolute Gasteiger partial charge is 0.508 e. The Kier molecular flexibility index (Phi) is 4.41. The van der Waals surface area contributed by atoms with Gasteiger partial charge in [-0.2, -0.15) is 0 Å². The first-order chi connectivity index (χ1) is 13.0. The predicted octanol–water partition coefficient (Wildman–Crippen LogP) is 4.29. The van der Waals surface area contributed by atoms with Crippen molar-refractivity contribution in [3.63, 3.8) is 0 Å². The number of nitrogens with zero attached hydrogens (tertiary/aromatic N) is 2. The van der Waals surface area contributed by atoms with Gasteiger partial charge < -0.3 is 13.9 Å². The third kappa shape index (κ3) is 3.31. The summed E-state index contributed by atoms with van der Waals surface area (Å²) < 4.78 is 24.6. The number of benzene rings is 2. The van der Waals surface area contributed by atoms with Crippen LogP contribution in [0, 0.1) is 12.7 Å². The van der Waals surface area contributed by atoms with Gasteiger partial charge in [-0.05, 0) is 36.8 Å². The Morgan fingerprint density at radius 3 is 2.78 bits per heavy atom. The van der Waals surface area contributed by atoms with Gasteiger partial charge in [0.25, 0.3) is 11.1 Å². The maximum Gasteiger partial charge on any atom is 0.336 e. The van der Waals surface area contributed by atoms with E-state index in [0.717, 1.165) is 0 Å². The van der Waals surface area contributed by atoms with Gasteiger partial charge >= 0.3 is 5.63 Å². The molecule has 0 saturated heterocycles. The van der Waals surface area contributed by atoms with Crippen LogP contribution in [-0.4, -0.2) is 15.3 Å². The average Bonchev–Trinajstić information content (AvgIpc) is 3.12. The minimum absolute atomic E-state index is 0.0573. The van der Waals surface area contributed by atoms with Gasteiger partial charge in [0, 0.05) is 22.8 Å². The summed E-state index contributed by atoms with van der Waals surface area (Å²) in [6, 6.07) is 10.8. The Morgan fingerprint density at radius 1 is 1.15 bits per heavy atom. The van der Waals surface area contributed by atoms with Gasteiger partial charge in [0.15, 0.2) is 0 Å². The second-order valence-corrected chi connectivity index (χ2v) is 6.75. The summed E-state index contributed by atoms with van der Waals surface area (Å²) in [4.78, 5) is 11.9. The molecule has 4 rings (SSSR count). The molecule has 136 valence electrons. The van der Waals surface area contributed by atoms with E-state index in [1.807, 2.05) is 0 Å². The van der Waals surface area contributed by atoms with Crippen molar-refractivity contribution < 1.29 is 18.3 Å². The molecule has 2 aromatic heterocycles. The molecule has 0 aliphatic carbocycles. The monoisotopic (exact) mass is 384 g/mol. The molecule has 0 bridgehead atoms. The number of fused-ring (bicyclic) bond motifs is 1. The Balaban J connectivity index is 1.62. The van der Waals surface area contributed by atoms with E-state index >= 15 is 0 Å². The number of phenolic OH excluding ortho intramolecular Hbond substituents is 1. The van der Waals surface area contributed by atoms with Gasteiger partial charge in [-0.3, -0.25) is 0 Å². The summed E-state index contributed by atoms with van der Waals surface area (Å²) in [6.45, 7) is 1.68. The molecule has 8 heteroatoms. The molecule has 0 aliphatic rings. The number of hydrogen-bond acceptors (Lipinski definition) is 7. The van der Waals surface area contributed by atoms with Crippen LogP contribution in [0.1, 0.15) is 11.1 Å². The van der Waals surface area contributed by atoms with E-state index in [9.17, 15) is 14.3 Å². The van der Waals surface area contributed by atoms with Gasteiger partial charge in [0.05, 0.1) is 5.56 Å². The van der Waals surface area contributed by atoms with Crippen LogP contribution in [-0.2, 0) is 5.75 Å². The van der Waals surface area contributed by atoms with E-state index in [-0.39, 0.29) is 22.4 Å². The molecule has 0 amide bonds. The van der Waals surface area contributed by atoms with Gasteiger partial charge in [-0.25, -0.2) is 9.18 Å². The number of thioether (sulfide) groups is 1. The first kappa shape index (κ1) is 17.3. The van der Waals surface area contributed by atoms with Crippen molar-refractivity contribution in [2.24, 2.45) is 0 Å². The van der Waals surface area contributed by atoms with Gasteiger partial charge in [-0.1, -0.05) is 23.9 Å². The fourth-order valence-electron chi connectivity index (χ4n) is 2.69. The zero-order valence-electron chi connectivity index (χ0n) is 14.1. The molecule has 0 spiro atoms. The molecule has 0 fully saturated rings. The number of rotatable bonds is 4. The maximum absolute atomic E-state index is 13.8. The molecule has 0 saturated carbocycles. The molecule has 0 aliphatic heterocycles. The van der Waals surface area contributed by atoms with Crippen LogP contribution >= 0.6 is 11.8 Å². The first-order valence-electron chi connectivity index (χ1n) is 7.99. The summed E-state index contributed by atoms with van der Waals surface area (Å²) in [5.74, 6) is 0.0703. The lowest BCUT2D eigenvalue weighted by atomic mass is 10.1. The van der Waals surface area contributed by atoms with E-state index in [4.69, 9.17) is 8.83 Å². The second-order valence-electron chi connectivity index (χ2n) is 5.82. The van der Waals surface area contributed by atoms with E-state index in [1.54, 1.807) is 37.3 Å². The lowest BCUT2D eigenvalue weighted by Crippen LogP contribution is -2.01. The molecular weight excluding hydrogens is 371 g/mol. The van der Waals surface area contributed by atoms with E-state index in [2.05, 4.69) is 10.2 Å². The normalized spacial score (nSPS) is 11.2. The quantitative estimate of drug-likeness (QED) is 0.415. The number of halogens is 1. The number of aryl methyl sites for hydroxylation is 1. The van der Waals surface area contributed by atoms with Crippen molar-refractivity contribution >= 4 is 22.7 Å². The van der Waals surface area contributed by atoms with Crippen molar-refractivity contribution in [2.75, 3.05) is 0 Å². The highest BCUT2D eigenvalue weighted by Gasteiger charge is 2.15. The van der Waals surface area contributed by atoms with Crippen molar-refractivity contribution in [1.29, 1.82) is 0 Å². The van der Waals surface area contributed by atoms with E-state index in [0.29, 0.717) is 27.8 Å². The third-order valence-electron chi connectivity index (χ3n) is 4.08. The Hall–Kier alpha value is -3.13. The summed E-state index contributed by atoms with van der Waals surface area (Å²) in [6.07, 6.45) is 0. The highest BCUT2D eigenvalue weighted by molar-refractivity contribution is 7.98. The molecule has 0 atom stereocenters. The Bertz CT molecular complexity index is 1200. The molecule has 0 radical (unpaired) electrons. The van der Waals surface area contributed by atoms with Gasteiger partial charge in [0.1, 0.15) is 17.1 Å². The maximum atomic E-state index is 13.8. The number of hydrogen-bond donors (Lipinski definition) is 1. The predicted molar refractivity (Wildman–Crippen MR) is 98.1 cm³/mol. The van der Waals surface area contributed by atoms with Gasteiger partial charge in [-0.15, -0.1) is 10.2 Å². The van der Waals surface area contributed by atoms with Crippen molar-refractivity contribution in [3.8, 4) is 17.2 Å². The minimum atomic E-state index is -0.510. The van der Waals surface area contributed by atoms with Crippen molar-refractivity contribution in [2.45, 2.75) is 17.9 Å². The lowest BCUT2D eigenvalue weighted by Gasteiger charge is -2.07. The van der Waals surface area contributed by atoms with Crippen LogP contribution in [0.2, 0.25) is 0 Å². The fourth-order valence-corrected chi connectivity index (χ4v) is 3.44. The highest BCUT2D eigenvalue weighted by Crippen LogP contribution is 2.31. The summed E-state index contributed by atoms with van der Waals surface area (Å²) >= 11 is 1.22. The Labute approximate surface area is 156 Å². The van der Waals surface area contributed by atoms with Crippen LogP contribution in [0.15, 0.2) is 61.3 Å². The van der Waals surface area contributed by atoms with Crippen LogP contribution in [0.5, 0.6) is 5.75 Å². The average molecular weight is 384 g/mol. The molecule has 0 unspecified atom stereocenters. The molecule has 27 heavy (non-hydrogen) atoms. The van der Waals surface area contributed by atoms with Crippen LogP contribution in [0.25, 0.3) is 22.4 Å². The number of aromatic hydroxyl groups is 1. The van der Waals surface area contributed by atoms with Crippen LogP contribution in [0.3, 0.4) is 0 Å². The molecule has 1 N–H and O–H groups in total. The van der Waals surface area contributed by atoms with E-state index < -0.39 is 11.4 Å². The second kappa shape index (κ2) is 6.88. The minimum Gasteiger partial charge on any atom is -0.508 e. The van der Waals surface area contributed by atoms with Crippen LogP contribution < -0.4 is 5.63 Å². The summed E-state index contributed by atoms with van der Waals surface area (Å²) in [7, 11) is 0. The van der Waals surface area contributed by atoms with Gasteiger partial charge in [0.2, 0.25) is 0 Å². The zero-order valence-corrected chi connectivity index (χ0v) is 14.9. The molecule has 6 nitrogen and oxygen atoms in total. The first-order valence-corrected chi connectivity index (χ1v) is 8.98. The SMILES string of the molecule is Cc1c(O)ccc2c(CSc3nnc(-c4ccccc4F)o3)cc(=O)oc12. The third-order valence-corrected chi connectivity index (χ3v) is 4.95. The smallest absolute Gasteiger partial charge is 0.336 e. The molecule has 4 aromatic rings. The fraction of sp³-hybridized carbons (Fsp3) is 0.105. The van der Waals surface area contributed by atoms with Crippen LogP contribution in [0.4, 0.5) is 4.39 Å². The summed E-state index contributed by atoms with van der Waals surface area (Å²) in [5.41, 5.74) is 1.27. The number of aromatic nitrogens is 2. The lowest BCUT2D eigenvalue weighted by molar-refractivity contribution is 0.462. The summed E-state index contributed by atoms with van der Waals surface area (Å²) in [5, 5.41) is 18.6. The molecule has 2 aromatic carbocycles. The molecular formula is C19H13FN2O4S. The van der Waals surface area contributed by atoms with Crippen molar-refractivity contribution in [1.82, 2.24) is 10.2 Å². The number of phenols is 1. The Morgan fingerprint density at radius 2 is 1.96 bits per heavy atom. The zero-order chi connectivity index (χ0) is 19.0. The van der Waals surface area contributed by atoms with Crippen molar-refractivity contribution in [3.05, 3.63) is 69.8 Å². The standard InChI is InChI=1S/C19H13FN2O4S/c1-10-15(23)7-6-12-11(8-16(24)25-17(10)12)9-27-19-22-21-18(26-19)13-4-2-3-5-14(13)20/h2-8,23H,9H2,1H3. The van der Waals surface area contributed by atoms with E-state index in [1.165, 1.54) is 23.9 Å². The highest BCUT2D eigenvalue weighted by atomic mass is 32.2. The molecule has 2 heterocycles. The topological polar surface area (TPSA) is 89.4 Å².